The van der Waals surface area contributed by atoms with Gasteiger partial charge in [-0.2, -0.15) is 0 Å². The third kappa shape index (κ3) is 2.39. The summed E-state index contributed by atoms with van der Waals surface area (Å²) in [4.78, 5) is 0. The zero-order valence-electron chi connectivity index (χ0n) is 19.6. The molecule has 2 aromatic heterocycles. The molecule has 0 amide bonds. The molecule has 0 spiro atoms. The molecule has 0 radical (unpaired) electrons. The molecule has 0 aliphatic heterocycles. The van der Waals surface area contributed by atoms with Gasteiger partial charge in [-0.05, 0) is 40.5 Å². The van der Waals surface area contributed by atoms with Crippen LogP contribution in [0.4, 0.5) is 0 Å². The lowest BCUT2D eigenvalue weighted by Gasteiger charge is -2.21. The van der Waals surface area contributed by atoms with Crippen LogP contribution in [-0.4, -0.2) is 0 Å². The predicted molar refractivity (Wildman–Crippen MR) is 144 cm³/mol. The molecular formula is C33H22O2. The minimum atomic E-state index is -0.0955. The Morgan fingerprint density at radius 1 is 0.514 bits per heavy atom. The van der Waals surface area contributed by atoms with Crippen LogP contribution < -0.4 is 0 Å². The second-order valence-electron chi connectivity index (χ2n) is 10.1. The molecule has 0 saturated heterocycles. The second-order valence-corrected chi connectivity index (χ2v) is 10.1. The molecule has 8 rings (SSSR count). The smallest absolute Gasteiger partial charge is 0.143 e. The van der Waals surface area contributed by atoms with Crippen molar-refractivity contribution in [3.05, 3.63) is 108 Å². The van der Waals surface area contributed by atoms with E-state index in [1.165, 1.54) is 33.0 Å². The first-order chi connectivity index (χ1) is 17.1. The van der Waals surface area contributed by atoms with Crippen LogP contribution in [0.2, 0.25) is 0 Å². The van der Waals surface area contributed by atoms with Crippen molar-refractivity contribution in [1.82, 2.24) is 0 Å². The first-order valence-corrected chi connectivity index (χ1v) is 12.1. The Labute approximate surface area is 202 Å². The van der Waals surface area contributed by atoms with Crippen LogP contribution in [0, 0.1) is 0 Å². The number of fused-ring (bicyclic) bond motifs is 10. The molecule has 1 aliphatic rings. The third-order valence-electron chi connectivity index (χ3n) is 7.90. The van der Waals surface area contributed by atoms with Gasteiger partial charge in [0.1, 0.15) is 22.3 Å². The van der Waals surface area contributed by atoms with Gasteiger partial charge < -0.3 is 8.83 Å². The Morgan fingerprint density at radius 3 is 1.91 bits per heavy atom. The standard InChI is InChI=1S/C33H22O2/c1-33(2)26-16-14-19(20-10-7-11-23-21-8-3-5-12-28(21)34-31(20)23)18-25(26)30-27(33)17-15-24-22-9-4-6-13-29(22)35-32(24)30/h3-18H,1-2H3. The van der Waals surface area contributed by atoms with Gasteiger partial charge in [0.25, 0.3) is 0 Å². The van der Waals surface area contributed by atoms with Crippen molar-refractivity contribution in [2.45, 2.75) is 19.3 Å². The van der Waals surface area contributed by atoms with E-state index in [2.05, 4.69) is 92.7 Å². The van der Waals surface area contributed by atoms with E-state index >= 15 is 0 Å². The van der Waals surface area contributed by atoms with E-state index in [1.54, 1.807) is 0 Å². The SMILES string of the molecule is CC1(C)c2ccc(-c3cccc4c3oc3ccccc34)cc2-c2c1ccc1c2oc2ccccc21. The maximum atomic E-state index is 6.48. The number of benzene rings is 5. The molecule has 2 heterocycles. The summed E-state index contributed by atoms with van der Waals surface area (Å²) in [6.45, 7) is 4.62. The molecule has 7 aromatic rings. The lowest BCUT2D eigenvalue weighted by atomic mass is 9.82. The minimum Gasteiger partial charge on any atom is -0.455 e. The van der Waals surface area contributed by atoms with Crippen molar-refractivity contribution >= 4 is 43.9 Å². The fourth-order valence-corrected chi connectivity index (χ4v) is 6.16. The van der Waals surface area contributed by atoms with Crippen LogP contribution in [0.15, 0.2) is 106 Å². The average Bonchev–Trinajstić information content (AvgIpc) is 3.52. The fraction of sp³-hybridized carbons (Fsp3) is 0.0909. The van der Waals surface area contributed by atoms with Gasteiger partial charge in [0.2, 0.25) is 0 Å². The van der Waals surface area contributed by atoms with Gasteiger partial charge in [0.05, 0.1) is 0 Å². The number of hydrogen-bond acceptors (Lipinski definition) is 2. The van der Waals surface area contributed by atoms with Crippen molar-refractivity contribution < 1.29 is 8.83 Å². The van der Waals surface area contributed by atoms with Crippen LogP contribution in [0.25, 0.3) is 66.1 Å². The Balaban J connectivity index is 1.43. The van der Waals surface area contributed by atoms with Crippen molar-refractivity contribution in [3.63, 3.8) is 0 Å². The van der Waals surface area contributed by atoms with Crippen molar-refractivity contribution in [2.75, 3.05) is 0 Å². The van der Waals surface area contributed by atoms with Crippen LogP contribution in [0.3, 0.4) is 0 Å². The molecule has 0 unspecified atom stereocenters. The highest BCUT2D eigenvalue weighted by atomic mass is 16.3. The lowest BCUT2D eigenvalue weighted by molar-refractivity contribution is 0.653. The van der Waals surface area contributed by atoms with Gasteiger partial charge in [0.15, 0.2) is 0 Å². The molecular weight excluding hydrogens is 428 g/mol. The zero-order chi connectivity index (χ0) is 23.3. The normalized spacial score (nSPS) is 14.2. The van der Waals surface area contributed by atoms with E-state index < -0.39 is 0 Å². The first-order valence-electron chi connectivity index (χ1n) is 12.1. The Morgan fingerprint density at radius 2 is 1.14 bits per heavy atom. The third-order valence-corrected chi connectivity index (χ3v) is 7.90. The summed E-state index contributed by atoms with van der Waals surface area (Å²) in [6.07, 6.45) is 0. The molecule has 0 atom stereocenters. The lowest BCUT2D eigenvalue weighted by Crippen LogP contribution is -2.14. The predicted octanol–water partition coefficient (Wildman–Crippen LogP) is 9.46. The monoisotopic (exact) mass is 450 g/mol. The minimum absolute atomic E-state index is 0.0955. The molecule has 166 valence electrons. The molecule has 35 heavy (non-hydrogen) atoms. The first kappa shape index (κ1) is 19.1. The Hall–Kier alpha value is -4.30. The fourth-order valence-electron chi connectivity index (χ4n) is 6.16. The maximum absolute atomic E-state index is 6.48. The highest BCUT2D eigenvalue weighted by molar-refractivity contribution is 6.13. The molecule has 0 bridgehead atoms. The van der Waals surface area contributed by atoms with E-state index in [0.717, 1.165) is 44.2 Å². The summed E-state index contributed by atoms with van der Waals surface area (Å²) in [5.74, 6) is 0. The summed E-state index contributed by atoms with van der Waals surface area (Å²) in [5, 5.41) is 4.65. The van der Waals surface area contributed by atoms with Crippen molar-refractivity contribution in [3.8, 4) is 22.3 Å². The van der Waals surface area contributed by atoms with Crippen LogP contribution in [0.5, 0.6) is 0 Å². The van der Waals surface area contributed by atoms with Gasteiger partial charge >= 0.3 is 0 Å². The van der Waals surface area contributed by atoms with Gasteiger partial charge in [-0.1, -0.05) is 92.7 Å². The van der Waals surface area contributed by atoms with Crippen LogP contribution >= 0.6 is 0 Å². The van der Waals surface area contributed by atoms with E-state index in [9.17, 15) is 0 Å². The van der Waals surface area contributed by atoms with Crippen molar-refractivity contribution in [1.29, 1.82) is 0 Å². The molecule has 2 nitrogen and oxygen atoms in total. The summed E-state index contributed by atoms with van der Waals surface area (Å²) in [5.41, 5.74) is 11.1. The van der Waals surface area contributed by atoms with E-state index in [1.807, 2.05) is 18.2 Å². The number of para-hydroxylation sites is 3. The number of rotatable bonds is 1. The van der Waals surface area contributed by atoms with E-state index in [0.29, 0.717) is 0 Å². The molecule has 0 saturated carbocycles. The second kappa shape index (κ2) is 6.43. The maximum Gasteiger partial charge on any atom is 0.143 e. The molecule has 0 N–H and O–H groups in total. The van der Waals surface area contributed by atoms with E-state index in [-0.39, 0.29) is 5.41 Å². The highest BCUT2D eigenvalue weighted by Gasteiger charge is 2.38. The molecule has 1 aliphatic carbocycles. The molecule has 5 aromatic carbocycles. The summed E-state index contributed by atoms with van der Waals surface area (Å²) in [6, 6.07) is 34.4. The Bertz CT molecular complexity index is 1980. The van der Waals surface area contributed by atoms with Gasteiger partial charge in [-0.15, -0.1) is 0 Å². The zero-order valence-corrected chi connectivity index (χ0v) is 19.6. The summed E-state index contributed by atoms with van der Waals surface area (Å²) in [7, 11) is 0. The van der Waals surface area contributed by atoms with Crippen LogP contribution in [-0.2, 0) is 5.41 Å². The topological polar surface area (TPSA) is 26.3 Å². The number of furan rings is 2. The molecule has 0 fully saturated rings. The Kier molecular flexibility index (Phi) is 3.50. The number of hydrogen-bond donors (Lipinski definition) is 0. The highest BCUT2D eigenvalue weighted by Crippen LogP contribution is 2.53. The van der Waals surface area contributed by atoms with Crippen LogP contribution in [0.1, 0.15) is 25.0 Å². The summed E-state index contributed by atoms with van der Waals surface area (Å²) < 4.78 is 12.8. The average molecular weight is 451 g/mol. The van der Waals surface area contributed by atoms with Gasteiger partial charge in [-0.3, -0.25) is 0 Å². The largest absolute Gasteiger partial charge is 0.455 e. The summed E-state index contributed by atoms with van der Waals surface area (Å²) >= 11 is 0. The van der Waals surface area contributed by atoms with Gasteiger partial charge in [-0.25, -0.2) is 0 Å². The van der Waals surface area contributed by atoms with Gasteiger partial charge in [0, 0.05) is 38.1 Å². The van der Waals surface area contributed by atoms with E-state index in [4.69, 9.17) is 8.83 Å². The van der Waals surface area contributed by atoms with Crippen molar-refractivity contribution in [2.24, 2.45) is 0 Å². The molecule has 2 heteroatoms. The quantitative estimate of drug-likeness (QED) is 0.249.